The molecule has 0 bridgehead atoms. The number of primary amides is 1. The van der Waals surface area contributed by atoms with Crippen LogP contribution in [-0.2, 0) is 14.9 Å². The fourth-order valence-electron chi connectivity index (χ4n) is 0.302. The number of carbonyl (C=O) groups is 1. The summed E-state index contributed by atoms with van der Waals surface area (Å²) >= 11 is 0. The van der Waals surface area contributed by atoms with Crippen LogP contribution in [0.25, 0.3) is 0 Å². The second-order valence-electron chi connectivity index (χ2n) is 3.27. The van der Waals surface area contributed by atoms with Crippen molar-refractivity contribution in [3.05, 3.63) is 0 Å². The SMILES string of the molecule is CC(C)(C)OC(N)=O.CS(=O)(=O)O. The first kappa shape index (κ1) is 14.7. The highest BCUT2D eigenvalue weighted by Gasteiger charge is 2.12. The van der Waals surface area contributed by atoms with Crippen molar-refractivity contribution in [2.24, 2.45) is 5.73 Å². The minimum absolute atomic E-state index is 0.453. The van der Waals surface area contributed by atoms with Crippen LogP contribution < -0.4 is 5.73 Å². The Balaban J connectivity index is 0. The lowest BCUT2D eigenvalue weighted by Gasteiger charge is -2.16. The summed E-state index contributed by atoms with van der Waals surface area (Å²) in [5.74, 6) is 0. The van der Waals surface area contributed by atoms with E-state index in [1.165, 1.54) is 0 Å². The van der Waals surface area contributed by atoms with Gasteiger partial charge in [0.15, 0.2) is 0 Å². The number of hydrogen-bond donors (Lipinski definition) is 2. The lowest BCUT2D eigenvalue weighted by atomic mass is 10.2. The molecule has 0 heterocycles. The first-order chi connectivity index (χ1) is 5.42. The van der Waals surface area contributed by atoms with E-state index < -0.39 is 21.8 Å². The van der Waals surface area contributed by atoms with Crippen molar-refractivity contribution in [2.75, 3.05) is 6.26 Å². The molecule has 6 nitrogen and oxygen atoms in total. The molecular formula is C6H15NO5S. The molecule has 0 aliphatic carbocycles. The van der Waals surface area contributed by atoms with Gasteiger partial charge in [-0.05, 0) is 20.8 Å². The van der Waals surface area contributed by atoms with Crippen molar-refractivity contribution in [3.63, 3.8) is 0 Å². The first-order valence-corrected chi connectivity index (χ1v) is 5.17. The lowest BCUT2D eigenvalue weighted by Crippen LogP contribution is -2.27. The van der Waals surface area contributed by atoms with Crippen molar-refractivity contribution in [1.82, 2.24) is 0 Å². The van der Waals surface area contributed by atoms with Crippen LogP contribution >= 0.6 is 0 Å². The highest BCUT2D eigenvalue weighted by molar-refractivity contribution is 7.85. The van der Waals surface area contributed by atoms with E-state index >= 15 is 0 Å². The van der Waals surface area contributed by atoms with Gasteiger partial charge in [0.1, 0.15) is 5.60 Å². The van der Waals surface area contributed by atoms with Gasteiger partial charge in [-0.25, -0.2) is 4.79 Å². The maximum atomic E-state index is 10.0. The van der Waals surface area contributed by atoms with Crippen LogP contribution in [0.15, 0.2) is 0 Å². The van der Waals surface area contributed by atoms with Crippen molar-refractivity contribution >= 4 is 16.2 Å². The van der Waals surface area contributed by atoms with E-state index in [0.29, 0.717) is 6.26 Å². The Morgan fingerprint density at radius 2 is 1.62 bits per heavy atom. The van der Waals surface area contributed by atoms with Gasteiger partial charge < -0.3 is 10.5 Å². The van der Waals surface area contributed by atoms with E-state index in [9.17, 15) is 13.2 Å². The maximum absolute atomic E-state index is 10.0. The molecule has 0 fully saturated rings. The second kappa shape index (κ2) is 5.03. The number of carbonyl (C=O) groups excluding carboxylic acids is 1. The van der Waals surface area contributed by atoms with E-state index in [2.05, 4.69) is 4.74 Å². The van der Waals surface area contributed by atoms with Gasteiger partial charge in [-0.15, -0.1) is 0 Å². The summed E-state index contributed by atoms with van der Waals surface area (Å²) in [6.45, 7) is 5.28. The van der Waals surface area contributed by atoms with Gasteiger partial charge in [0.05, 0.1) is 6.26 Å². The van der Waals surface area contributed by atoms with E-state index in [0.717, 1.165) is 0 Å². The highest BCUT2D eigenvalue weighted by Crippen LogP contribution is 2.04. The van der Waals surface area contributed by atoms with Crippen molar-refractivity contribution < 1.29 is 22.5 Å². The summed E-state index contributed by atoms with van der Waals surface area (Å²) in [5.41, 5.74) is 4.26. The molecule has 1 amide bonds. The van der Waals surface area contributed by atoms with E-state index in [1.807, 2.05) is 0 Å². The third-order valence-electron chi connectivity index (χ3n) is 0.407. The molecule has 7 heteroatoms. The normalized spacial score (nSPS) is 11.2. The summed E-state index contributed by atoms with van der Waals surface area (Å²) < 4.78 is 30.4. The predicted molar refractivity (Wildman–Crippen MR) is 47.9 cm³/mol. The smallest absolute Gasteiger partial charge is 0.405 e. The van der Waals surface area contributed by atoms with E-state index in [-0.39, 0.29) is 0 Å². The minimum Gasteiger partial charge on any atom is -0.444 e. The molecule has 3 N–H and O–H groups in total. The van der Waals surface area contributed by atoms with Gasteiger partial charge in [-0.2, -0.15) is 8.42 Å². The number of hydrogen-bond acceptors (Lipinski definition) is 4. The average Bonchev–Trinajstić information content (AvgIpc) is 1.47. The van der Waals surface area contributed by atoms with Crippen LogP contribution in [0.1, 0.15) is 20.8 Å². The summed E-state index contributed by atoms with van der Waals surface area (Å²) in [4.78, 5) is 10.0. The zero-order valence-electron chi connectivity index (χ0n) is 8.07. The van der Waals surface area contributed by atoms with Crippen LogP contribution in [0.5, 0.6) is 0 Å². The number of nitrogens with two attached hydrogens (primary N) is 1. The summed E-state index contributed by atoms with van der Waals surface area (Å²) in [5, 5.41) is 0. The molecule has 0 atom stereocenters. The van der Waals surface area contributed by atoms with Gasteiger partial charge in [0, 0.05) is 0 Å². The molecule has 0 aromatic carbocycles. The summed E-state index contributed by atoms with van der Waals surface area (Å²) in [6, 6.07) is 0. The minimum atomic E-state index is -3.67. The lowest BCUT2D eigenvalue weighted by molar-refractivity contribution is 0.0600. The molecular weight excluding hydrogens is 198 g/mol. The average molecular weight is 213 g/mol. The highest BCUT2D eigenvalue weighted by atomic mass is 32.2. The number of rotatable bonds is 0. The quantitative estimate of drug-likeness (QED) is 0.566. The molecule has 0 radical (unpaired) electrons. The Kier molecular flexibility index (Phi) is 5.68. The fraction of sp³-hybridized carbons (Fsp3) is 0.833. The Hall–Kier alpha value is -0.820. The summed E-state index contributed by atoms with van der Waals surface area (Å²) in [6.07, 6.45) is -0.00926. The van der Waals surface area contributed by atoms with Gasteiger partial charge in [-0.3, -0.25) is 4.55 Å². The third kappa shape index (κ3) is 53.9. The summed E-state index contributed by atoms with van der Waals surface area (Å²) in [7, 11) is -3.67. The Labute approximate surface area is 77.8 Å². The molecule has 0 spiro atoms. The number of amides is 1. The van der Waals surface area contributed by atoms with E-state index in [4.69, 9.17) is 10.3 Å². The Bertz CT molecular complexity index is 243. The molecule has 0 rings (SSSR count). The molecule has 0 saturated heterocycles. The largest absolute Gasteiger partial charge is 0.444 e. The second-order valence-corrected chi connectivity index (χ2v) is 4.73. The molecule has 13 heavy (non-hydrogen) atoms. The van der Waals surface area contributed by atoms with E-state index in [1.54, 1.807) is 20.8 Å². The predicted octanol–water partition coefficient (Wildman–Crippen LogP) is 0.384. The molecule has 0 aromatic rings. The van der Waals surface area contributed by atoms with Crippen molar-refractivity contribution in [1.29, 1.82) is 0 Å². The van der Waals surface area contributed by atoms with Gasteiger partial charge >= 0.3 is 6.09 Å². The van der Waals surface area contributed by atoms with Crippen LogP contribution in [0.2, 0.25) is 0 Å². The first-order valence-electron chi connectivity index (χ1n) is 3.33. The topological polar surface area (TPSA) is 107 Å². The molecule has 0 aliphatic heterocycles. The zero-order valence-corrected chi connectivity index (χ0v) is 8.88. The van der Waals surface area contributed by atoms with Gasteiger partial charge in [0.25, 0.3) is 10.1 Å². The van der Waals surface area contributed by atoms with Crippen LogP contribution in [0.3, 0.4) is 0 Å². The maximum Gasteiger partial charge on any atom is 0.405 e. The van der Waals surface area contributed by atoms with Crippen molar-refractivity contribution in [3.8, 4) is 0 Å². The van der Waals surface area contributed by atoms with Crippen LogP contribution in [0, 0.1) is 0 Å². The zero-order chi connectivity index (χ0) is 11.3. The molecule has 0 saturated carbocycles. The molecule has 80 valence electrons. The van der Waals surface area contributed by atoms with Gasteiger partial charge in [0.2, 0.25) is 0 Å². The third-order valence-corrected chi connectivity index (χ3v) is 0.407. The van der Waals surface area contributed by atoms with Crippen LogP contribution in [0.4, 0.5) is 4.79 Å². The monoisotopic (exact) mass is 213 g/mol. The molecule has 0 aliphatic rings. The molecule has 0 unspecified atom stereocenters. The molecule has 0 aromatic heterocycles. The standard InChI is InChI=1S/C5H11NO2.CH4O3S/c1-5(2,3)8-4(6)7;1-5(2,3)4/h1-3H3,(H2,6,7);1H3,(H,2,3,4). The Morgan fingerprint density at radius 1 is 1.38 bits per heavy atom. The Morgan fingerprint density at radius 3 is 1.62 bits per heavy atom. The van der Waals surface area contributed by atoms with Crippen LogP contribution in [-0.4, -0.2) is 30.9 Å². The number of ether oxygens (including phenoxy) is 1. The van der Waals surface area contributed by atoms with Crippen molar-refractivity contribution in [2.45, 2.75) is 26.4 Å². The fourth-order valence-corrected chi connectivity index (χ4v) is 0.302. The van der Waals surface area contributed by atoms with Gasteiger partial charge in [-0.1, -0.05) is 0 Å².